The van der Waals surface area contributed by atoms with Crippen molar-refractivity contribution < 1.29 is 9.32 Å². The van der Waals surface area contributed by atoms with Crippen molar-refractivity contribution in [1.82, 2.24) is 25.8 Å². The number of halogens is 2. The van der Waals surface area contributed by atoms with Crippen LogP contribution in [0.2, 0.25) is 0 Å². The Hall–Kier alpha value is -1.70. The summed E-state index contributed by atoms with van der Waals surface area (Å²) in [6.45, 7) is 1.14. The standard InChI is InChI=1S/C14H17N5O2.2ClH/c20-14(11-3-1-2-6-16-11)17-9-12-18-13(19-21-12)10-4-7-15-8-5-10;;/h4-5,7-8,11,16H,1-3,6,9H2,(H,17,20);2*1H/t11-;;/m1../s1. The summed E-state index contributed by atoms with van der Waals surface area (Å²) in [5, 5.41) is 9.92. The molecule has 1 atom stereocenters. The molecule has 1 aliphatic heterocycles. The Labute approximate surface area is 146 Å². The predicted molar refractivity (Wildman–Crippen MR) is 89.5 cm³/mol. The fourth-order valence-electron chi connectivity index (χ4n) is 2.31. The maximum absolute atomic E-state index is 12.0. The van der Waals surface area contributed by atoms with Gasteiger partial charge in [0.2, 0.25) is 17.6 Å². The first-order chi connectivity index (χ1) is 10.3. The third-order valence-corrected chi connectivity index (χ3v) is 3.45. The van der Waals surface area contributed by atoms with Gasteiger partial charge in [-0.1, -0.05) is 11.6 Å². The molecule has 1 aliphatic rings. The number of amides is 1. The Bertz CT molecular complexity index is 602. The van der Waals surface area contributed by atoms with Gasteiger partial charge in [-0.2, -0.15) is 4.98 Å². The quantitative estimate of drug-likeness (QED) is 0.863. The van der Waals surface area contributed by atoms with E-state index in [1.54, 1.807) is 24.5 Å². The number of aromatic nitrogens is 3. The van der Waals surface area contributed by atoms with E-state index in [9.17, 15) is 4.79 Å². The maximum Gasteiger partial charge on any atom is 0.246 e. The van der Waals surface area contributed by atoms with Crippen LogP contribution in [0.1, 0.15) is 25.2 Å². The molecule has 3 heterocycles. The third-order valence-electron chi connectivity index (χ3n) is 3.45. The third kappa shape index (κ3) is 5.16. The molecule has 126 valence electrons. The summed E-state index contributed by atoms with van der Waals surface area (Å²) in [6, 6.07) is 3.50. The van der Waals surface area contributed by atoms with Crippen LogP contribution in [0.15, 0.2) is 29.0 Å². The molecule has 7 nitrogen and oxygen atoms in total. The van der Waals surface area contributed by atoms with Crippen LogP contribution in [0.3, 0.4) is 0 Å². The largest absolute Gasteiger partial charge is 0.346 e. The highest BCUT2D eigenvalue weighted by molar-refractivity contribution is 5.85. The molecule has 2 aromatic heterocycles. The summed E-state index contributed by atoms with van der Waals surface area (Å²) < 4.78 is 5.14. The lowest BCUT2D eigenvalue weighted by atomic mass is 10.0. The van der Waals surface area contributed by atoms with Crippen molar-refractivity contribution in [3.63, 3.8) is 0 Å². The van der Waals surface area contributed by atoms with E-state index in [1.807, 2.05) is 0 Å². The number of rotatable bonds is 4. The van der Waals surface area contributed by atoms with E-state index >= 15 is 0 Å². The van der Waals surface area contributed by atoms with Crippen LogP contribution in [0.5, 0.6) is 0 Å². The summed E-state index contributed by atoms with van der Waals surface area (Å²) in [7, 11) is 0. The van der Waals surface area contributed by atoms with Crippen molar-refractivity contribution in [2.75, 3.05) is 6.54 Å². The molecule has 0 bridgehead atoms. The zero-order valence-electron chi connectivity index (χ0n) is 12.4. The van der Waals surface area contributed by atoms with Gasteiger partial charge in [0.05, 0.1) is 12.6 Å². The molecule has 0 aliphatic carbocycles. The van der Waals surface area contributed by atoms with Crippen LogP contribution in [0, 0.1) is 0 Å². The zero-order valence-corrected chi connectivity index (χ0v) is 14.0. The van der Waals surface area contributed by atoms with Crippen molar-refractivity contribution in [2.45, 2.75) is 31.8 Å². The number of hydrogen-bond donors (Lipinski definition) is 2. The van der Waals surface area contributed by atoms with Crippen molar-refractivity contribution in [1.29, 1.82) is 0 Å². The minimum Gasteiger partial charge on any atom is -0.346 e. The molecular weight excluding hydrogens is 341 g/mol. The number of hydrogen-bond acceptors (Lipinski definition) is 6. The summed E-state index contributed by atoms with van der Waals surface area (Å²) >= 11 is 0. The summed E-state index contributed by atoms with van der Waals surface area (Å²) in [6.07, 6.45) is 6.42. The highest BCUT2D eigenvalue weighted by atomic mass is 35.5. The molecule has 0 unspecified atom stereocenters. The Balaban J connectivity index is 0.00000132. The van der Waals surface area contributed by atoms with Crippen LogP contribution >= 0.6 is 24.8 Å². The number of pyridine rings is 1. The lowest BCUT2D eigenvalue weighted by Crippen LogP contribution is -2.46. The molecule has 0 spiro atoms. The van der Waals surface area contributed by atoms with Crippen molar-refractivity contribution in [3.05, 3.63) is 30.4 Å². The topological polar surface area (TPSA) is 92.9 Å². The van der Waals surface area contributed by atoms with Gasteiger partial charge in [-0.3, -0.25) is 9.78 Å². The van der Waals surface area contributed by atoms with Gasteiger partial charge in [0.15, 0.2) is 0 Å². The highest BCUT2D eigenvalue weighted by Gasteiger charge is 2.20. The van der Waals surface area contributed by atoms with E-state index in [4.69, 9.17) is 4.52 Å². The predicted octanol–water partition coefficient (Wildman–Crippen LogP) is 1.73. The first kappa shape index (κ1) is 19.3. The molecule has 0 saturated carbocycles. The number of carbonyl (C=O) groups is 1. The van der Waals surface area contributed by atoms with Gasteiger partial charge < -0.3 is 15.2 Å². The van der Waals surface area contributed by atoms with Crippen LogP contribution in [0.25, 0.3) is 11.4 Å². The first-order valence-corrected chi connectivity index (χ1v) is 7.07. The first-order valence-electron chi connectivity index (χ1n) is 7.07. The minimum absolute atomic E-state index is 0. The highest BCUT2D eigenvalue weighted by Crippen LogP contribution is 2.14. The summed E-state index contributed by atoms with van der Waals surface area (Å²) in [5.74, 6) is 0.877. The molecular formula is C14H19Cl2N5O2. The van der Waals surface area contributed by atoms with Gasteiger partial charge in [-0.25, -0.2) is 0 Å². The van der Waals surface area contributed by atoms with Gasteiger partial charge in [0.25, 0.3) is 0 Å². The van der Waals surface area contributed by atoms with Crippen molar-refractivity contribution in [2.24, 2.45) is 0 Å². The van der Waals surface area contributed by atoms with Crippen molar-refractivity contribution >= 4 is 30.7 Å². The number of nitrogens with one attached hydrogen (secondary N) is 2. The van der Waals surface area contributed by atoms with Gasteiger partial charge in [-0.05, 0) is 31.5 Å². The normalized spacial score (nSPS) is 16.8. The SMILES string of the molecule is Cl.Cl.O=C(NCc1nc(-c2ccncc2)no1)[C@H]1CCCCN1. The molecule has 2 N–H and O–H groups in total. The number of piperidine rings is 1. The second-order valence-corrected chi connectivity index (χ2v) is 4.97. The average Bonchev–Trinajstić information content (AvgIpc) is 3.03. The second kappa shape index (κ2) is 9.44. The van der Waals surface area contributed by atoms with Crippen LogP contribution in [-0.2, 0) is 11.3 Å². The molecule has 3 rings (SSSR count). The summed E-state index contributed by atoms with van der Waals surface area (Å²) in [4.78, 5) is 20.2. The van der Waals surface area contributed by atoms with E-state index in [0.717, 1.165) is 31.4 Å². The van der Waals surface area contributed by atoms with E-state index in [1.165, 1.54) is 0 Å². The van der Waals surface area contributed by atoms with E-state index in [-0.39, 0.29) is 43.3 Å². The molecule has 0 radical (unpaired) electrons. The van der Waals surface area contributed by atoms with E-state index in [2.05, 4.69) is 25.8 Å². The minimum atomic E-state index is -0.110. The molecule has 1 amide bonds. The lowest BCUT2D eigenvalue weighted by Gasteiger charge is -2.22. The molecule has 1 saturated heterocycles. The monoisotopic (exact) mass is 359 g/mol. The average molecular weight is 360 g/mol. The fraction of sp³-hybridized carbons (Fsp3) is 0.429. The summed E-state index contributed by atoms with van der Waals surface area (Å²) in [5.41, 5.74) is 0.834. The zero-order chi connectivity index (χ0) is 14.5. The lowest BCUT2D eigenvalue weighted by molar-refractivity contribution is -0.123. The van der Waals surface area contributed by atoms with Gasteiger partial charge in [0.1, 0.15) is 0 Å². The fourth-order valence-corrected chi connectivity index (χ4v) is 2.31. The van der Waals surface area contributed by atoms with Crippen molar-refractivity contribution in [3.8, 4) is 11.4 Å². The van der Waals surface area contributed by atoms with Gasteiger partial charge in [-0.15, -0.1) is 24.8 Å². The van der Waals surface area contributed by atoms with E-state index in [0.29, 0.717) is 11.7 Å². The molecule has 1 fully saturated rings. The smallest absolute Gasteiger partial charge is 0.246 e. The Morgan fingerprint density at radius 1 is 1.30 bits per heavy atom. The molecule has 2 aromatic rings. The molecule has 9 heteroatoms. The number of carbonyl (C=O) groups excluding carboxylic acids is 1. The van der Waals surface area contributed by atoms with Crippen LogP contribution < -0.4 is 10.6 Å². The maximum atomic E-state index is 12.0. The van der Waals surface area contributed by atoms with Gasteiger partial charge >= 0.3 is 0 Å². The molecule has 23 heavy (non-hydrogen) atoms. The Morgan fingerprint density at radius 3 is 2.78 bits per heavy atom. The van der Waals surface area contributed by atoms with Gasteiger partial charge in [0, 0.05) is 18.0 Å². The second-order valence-electron chi connectivity index (χ2n) is 4.97. The van der Waals surface area contributed by atoms with Crippen LogP contribution in [-0.4, -0.2) is 33.6 Å². The van der Waals surface area contributed by atoms with E-state index < -0.39 is 0 Å². The van der Waals surface area contributed by atoms with Crippen LogP contribution in [0.4, 0.5) is 0 Å². The Morgan fingerprint density at radius 2 is 2.09 bits per heavy atom. The molecule has 0 aromatic carbocycles. The Kier molecular flexibility index (Phi) is 7.94. The number of nitrogens with zero attached hydrogens (tertiary/aromatic N) is 3.